The summed E-state index contributed by atoms with van der Waals surface area (Å²) in [6.07, 6.45) is -2.82. The highest BCUT2D eigenvalue weighted by molar-refractivity contribution is 5.64. The fourth-order valence-corrected chi connectivity index (χ4v) is 2.04. The number of nitrogens with zero attached hydrogens (tertiary/aromatic N) is 2. The van der Waals surface area contributed by atoms with Crippen molar-refractivity contribution >= 4 is 5.52 Å². The van der Waals surface area contributed by atoms with Crippen LogP contribution in [0.15, 0.2) is 48.7 Å². The third-order valence-corrected chi connectivity index (χ3v) is 3.00. The molecule has 0 radical (unpaired) electrons. The second-order valence-corrected chi connectivity index (χ2v) is 4.30. The molecule has 0 aliphatic heterocycles. The summed E-state index contributed by atoms with van der Waals surface area (Å²) in [7, 11) is 0. The molecule has 0 saturated carbocycles. The molecule has 3 rings (SSSR count). The molecule has 2 aromatic heterocycles. The molecule has 102 valence electrons. The molecule has 1 N–H and O–H groups in total. The summed E-state index contributed by atoms with van der Waals surface area (Å²) in [6, 6.07) is 9.58. The van der Waals surface area contributed by atoms with E-state index in [2.05, 4.69) is 4.98 Å². The molecule has 3 aromatic rings. The average molecular weight is 278 g/mol. The first-order valence-corrected chi connectivity index (χ1v) is 5.80. The number of halogens is 3. The van der Waals surface area contributed by atoms with Gasteiger partial charge in [-0.05, 0) is 24.3 Å². The van der Waals surface area contributed by atoms with Crippen molar-refractivity contribution in [1.82, 2.24) is 9.38 Å². The van der Waals surface area contributed by atoms with Gasteiger partial charge in [0.05, 0.1) is 17.3 Å². The van der Waals surface area contributed by atoms with Crippen LogP contribution in [0.3, 0.4) is 0 Å². The van der Waals surface area contributed by atoms with Crippen LogP contribution in [-0.2, 0) is 6.18 Å². The van der Waals surface area contributed by atoms with Gasteiger partial charge < -0.3 is 5.11 Å². The fraction of sp³-hybridized carbons (Fsp3) is 0.0714. The van der Waals surface area contributed by atoms with Gasteiger partial charge in [0.15, 0.2) is 5.88 Å². The van der Waals surface area contributed by atoms with E-state index in [0.29, 0.717) is 16.9 Å². The van der Waals surface area contributed by atoms with Crippen molar-refractivity contribution in [2.75, 3.05) is 0 Å². The van der Waals surface area contributed by atoms with E-state index in [9.17, 15) is 18.3 Å². The molecular weight excluding hydrogens is 269 g/mol. The first-order chi connectivity index (χ1) is 9.47. The Morgan fingerprint density at radius 2 is 1.70 bits per heavy atom. The SMILES string of the molecule is Oc1cccc2cnc(-c3ccc(C(F)(F)F)cc3)n12. The van der Waals surface area contributed by atoms with Crippen molar-refractivity contribution < 1.29 is 18.3 Å². The fourth-order valence-electron chi connectivity index (χ4n) is 2.04. The summed E-state index contributed by atoms with van der Waals surface area (Å²) >= 11 is 0. The molecule has 0 unspecified atom stereocenters. The van der Waals surface area contributed by atoms with Gasteiger partial charge in [-0.1, -0.05) is 18.2 Å². The van der Waals surface area contributed by atoms with Crippen molar-refractivity contribution in [1.29, 1.82) is 0 Å². The lowest BCUT2D eigenvalue weighted by molar-refractivity contribution is -0.137. The second-order valence-electron chi connectivity index (χ2n) is 4.30. The minimum atomic E-state index is -4.37. The quantitative estimate of drug-likeness (QED) is 0.736. The van der Waals surface area contributed by atoms with E-state index in [4.69, 9.17) is 0 Å². The molecule has 0 bridgehead atoms. The number of hydrogen-bond acceptors (Lipinski definition) is 2. The smallest absolute Gasteiger partial charge is 0.416 e. The van der Waals surface area contributed by atoms with Crippen molar-refractivity contribution in [2.45, 2.75) is 6.18 Å². The predicted molar refractivity (Wildman–Crippen MR) is 67.3 cm³/mol. The molecule has 0 aliphatic rings. The third-order valence-electron chi connectivity index (χ3n) is 3.00. The summed E-state index contributed by atoms with van der Waals surface area (Å²) in [5, 5.41) is 9.83. The van der Waals surface area contributed by atoms with Gasteiger partial charge in [0, 0.05) is 5.56 Å². The van der Waals surface area contributed by atoms with Crippen LogP contribution in [0, 0.1) is 0 Å². The lowest BCUT2D eigenvalue weighted by Gasteiger charge is -2.08. The van der Waals surface area contributed by atoms with E-state index in [1.54, 1.807) is 18.3 Å². The molecule has 0 atom stereocenters. The maximum absolute atomic E-state index is 12.5. The van der Waals surface area contributed by atoms with Crippen LogP contribution < -0.4 is 0 Å². The minimum absolute atomic E-state index is 0.0186. The summed E-state index contributed by atoms with van der Waals surface area (Å²) in [5.41, 5.74) is 0.450. The van der Waals surface area contributed by atoms with E-state index < -0.39 is 11.7 Å². The van der Waals surface area contributed by atoms with Crippen molar-refractivity contribution in [3.05, 3.63) is 54.2 Å². The van der Waals surface area contributed by atoms with Gasteiger partial charge in [0.1, 0.15) is 5.82 Å². The van der Waals surface area contributed by atoms with Gasteiger partial charge in [-0.25, -0.2) is 4.98 Å². The zero-order chi connectivity index (χ0) is 14.3. The Morgan fingerprint density at radius 3 is 2.35 bits per heavy atom. The number of rotatable bonds is 1. The molecule has 0 saturated heterocycles. The third kappa shape index (κ3) is 1.99. The highest BCUT2D eigenvalue weighted by Crippen LogP contribution is 2.31. The van der Waals surface area contributed by atoms with E-state index in [0.717, 1.165) is 12.1 Å². The summed E-state index contributed by atoms with van der Waals surface area (Å²) in [5.74, 6) is 0.377. The lowest BCUT2D eigenvalue weighted by atomic mass is 10.1. The first-order valence-electron chi connectivity index (χ1n) is 5.80. The van der Waals surface area contributed by atoms with Crippen molar-refractivity contribution in [3.8, 4) is 17.3 Å². The second kappa shape index (κ2) is 4.26. The molecular formula is C14H9F3N2O. The van der Waals surface area contributed by atoms with Crippen molar-refractivity contribution in [2.24, 2.45) is 0 Å². The molecule has 0 amide bonds. The number of aromatic nitrogens is 2. The standard InChI is InChI=1S/C14H9F3N2O/c15-14(16,17)10-6-4-9(5-7-10)13-18-8-11-2-1-3-12(20)19(11)13/h1-8,20H. The van der Waals surface area contributed by atoms with Gasteiger partial charge in [0.25, 0.3) is 0 Å². The van der Waals surface area contributed by atoms with Crippen LogP contribution in [-0.4, -0.2) is 14.5 Å². The average Bonchev–Trinajstić information content (AvgIpc) is 2.83. The van der Waals surface area contributed by atoms with Crippen LogP contribution in [0.1, 0.15) is 5.56 Å². The molecule has 1 aromatic carbocycles. The summed E-state index contributed by atoms with van der Waals surface area (Å²) < 4.78 is 39.0. The largest absolute Gasteiger partial charge is 0.494 e. The van der Waals surface area contributed by atoms with E-state index in [1.165, 1.54) is 22.6 Å². The Labute approximate surface area is 111 Å². The number of aromatic hydroxyl groups is 1. The molecule has 2 heterocycles. The van der Waals surface area contributed by atoms with E-state index >= 15 is 0 Å². The van der Waals surface area contributed by atoms with Gasteiger partial charge in [0.2, 0.25) is 0 Å². The number of imidazole rings is 1. The Bertz CT molecular complexity index is 760. The molecule has 0 fully saturated rings. The molecule has 3 nitrogen and oxygen atoms in total. The van der Waals surface area contributed by atoms with Crippen LogP contribution in [0.5, 0.6) is 5.88 Å². The number of benzene rings is 1. The first kappa shape index (κ1) is 12.5. The normalized spacial score (nSPS) is 11.9. The number of fused-ring (bicyclic) bond motifs is 1. The van der Waals surface area contributed by atoms with Crippen LogP contribution in [0.4, 0.5) is 13.2 Å². The van der Waals surface area contributed by atoms with E-state index in [1.807, 2.05) is 0 Å². The lowest BCUT2D eigenvalue weighted by Crippen LogP contribution is -2.04. The molecule has 20 heavy (non-hydrogen) atoms. The molecule has 0 spiro atoms. The van der Waals surface area contributed by atoms with Crippen LogP contribution in [0.25, 0.3) is 16.9 Å². The predicted octanol–water partition coefficient (Wildman–Crippen LogP) is 3.73. The minimum Gasteiger partial charge on any atom is -0.494 e. The Morgan fingerprint density at radius 1 is 1.00 bits per heavy atom. The van der Waals surface area contributed by atoms with Gasteiger partial charge in [-0.3, -0.25) is 4.40 Å². The van der Waals surface area contributed by atoms with Crippen molar-refractivity contribution in [3.63, 3.8) is 0 Å². The van der Waals surface area contributed by atoms with Gasteiger partial charge in [-0.15, -0.1) is 0 Å². The zero-order valence-electron chi connectivity index (χ0n) is 10.1. The zero-order valence-corrected chi connectivity index (χ0v) is 10.1. The highest BCUT2D eigenvalue weighted by atomic mass is 19.4. The topological polar surface area (TPSA) is 37.5 Å². The maximum Gasteiger partial charge on any atom is 0.416 e. The van der Waals surface area contributed by atoms with E-state index in [-0.39, 0.29) is 5.88 Å². The number of alkyl halides is 3. The number of pyridine rings is 1. The van der Waals surface area contributed by atoms with Crippen LogP contribution >= 0.6 is 0 Å². The van der Waals surface area contributed by atoms with Gasteiger partial charge >= 0.3 is 6.18 Å². The molecule has 0 aliphatic carbocycles. The summed E-state index contributed by atoms with van der Waals surface area (Å²) in [6.45, 7) is 0. The monoisotopic (exact) mass is 278 g/mol. The van der Waals surface area contributed by atoms with Gasteiger partial charge in [-0.2, -0.15) is 13.2 Å². The molecule has 6 heteroatoms. The maximum atomic E-state index is 12.5. The Hall–Kier alpha value is -2.50. The summed E-state index contributed by atoms with van der Waals surface area (Å²) in [4.78, 5) is 4.14. The Balaban J connectivity index is 2.12. The Kier molecular flexibility index (Phi) is 2.67. The van der Waals surface area contributed by atoms with Crippen LogP contribution in [0.2, 0.25) is 0 Å². The highest BCUT2D eigenvalue weighted by Gasteiger charge is 2.30. The number of hydrogen-bond donors (Lipinski definition) is 1.